The number of likely N-dealkylation sites (tertiary alicyclic amines) is 1. The van der Waals surface area contributed by atoms with Gasteiger partial charge in [-0.05, 0) is 37.5 Å². The van der Waals surface area contributed by atoms with E-state index >= 15 is 0 Å². The van der Waals surface area contributed by atoms with Crippen molar-refractivity contribution in [2.75, 3.05) is 13.1 Å². The first-order chi connectivity index (χ1) is 8.40. The molecule has 0 aromatic heterocycles. The van der Waals surface area contributed by atoms with Crippen LogP contribution in [0.1, 0.15) is 59.8 Å². The van der Waals surface area contributed by atoms with Crippen LogP contribution in [0.5, 0.6) is 0 Å². The third-order valence-electron chi connectivity index (χ3n) is 4.46. The van der Waals surface area contributed by atoms with E-state index in [2.05, 4.69) is 19.9 Å². The van der Waals surface area contributed by atoms with Crippen molar-refractivity contribution in [2.45, 2.75) is 59.8 Å². The molecule has 0 bridgehead atoms. The summed E-state index contributed by atoms with van der Waals surface area (Å²) in [5.74, 6) is 0.0488. The number of nitrogens with zero attached hydrogens (tertiary/aromatic N) is 2. The summed E-state index contributed by atoms with van der Waals surface area (Å²) >= 11 is 0. The molecule has 1 saturated heterocycles. The van der Waals surface area contributed by atoms with E-state index in [4.69, 9.17) is 0 Å². The second-order valence-corrected chi connectivity index (χ2v) is 6.21. The Bertz CT molecular complexity index is 337. The fourth-order valence-corrected chi connectivity index (χ4v) is 2.69. The van der Waals surface area contributed by atoms with Gasteiger partial charge in [0.05, 0.1) is 6.07 Å². The molecule has 1 aliphatic rings. The van der Waals surface area contributed by atoms with E-state index < -0.39 is 5.41 Å². The smallest absolute Gasteiger partial charge is 0.243 e. The van der Waals surface area contributed by atoms with Crippen LogP contribution < -0.4 is 0 Å². The third-order valence-corrected chi connectivity index (χ3v) is 4.46. The Labute approximate surface area is 111 Å². The van der Waals surface area contributed by atoms with E-state index in [0.29, 0.717) is 18.3 Å². The molecule has 0 aromatic carbocycles. The molecule has 18 heavy (non-hydrogen) atoms. The van der Waals surface area contributed by atoms with E-state index in [0.717, 1.165) is 32.4 Å². The summed E-state index contributed by atoms with van der Waals surface area (Å²) in [7, 11) is 0. The van der Waals surface area contributed by atoms with Crippen LogP contribution in [0.2, 0.25) is 0 Å². The fourth-order valence-electron chi connectivity index (χ4n) is 2.69. The summed E-state index contributed by atoms with van der Waals surface area (Å²) in [4.78, 5) is 14.5. The largest absolute Gasteiger partial charge is 0.341 e. The van der Waals surface area contributed by atoms with Gasteiger partial charge in [0.2, 0.25) is 5.91 Å². The molecular weight excluding hydrogens is 224 g/mol. The zero-order valence-electron chi connectivity index (χ0n) is 12.3. The Balaban J connectivity index is 2.81. The number of carbonyl (C=O) groups excluding carboxylic acids is 1. The maximum absolute atomic E-state index is 12.6. The third kappa shape index (κ3) is 3.04. The molecule has 0 N–H and O–H groups in total. The van der Waals surface area contributed by atoms with Gasteiger partial charge in [-0.15, -0.1) is 0 Å². The Morgan fingerprint density at radius 2 is 1.89 bits per heavy atom. The summed E-state index contributed by atoms with van der Waals surface area (Å²) < 4.78 is 0. The first-order valence-corrected chi connectivity index (χ1v) is 7.11. The second kappa shape index (κ2) is 5.73. The SMILES string of the molecule is CCC(C#N)(CC)C(=O)N1CCCC(C)(C)CC1. The van der Waals surface area contributed by atoms with Gasteiger partial charge in [0.15, 0.2) is 0 Å². The average Bonchev–Trinajstić information content (AvgIpc) is 2.53. The van der Waals surface area contributed by atoms with E-state index in [1.54, 1.807) is 0 Å². The highest BCUT2D eigenvalue weighted by atomic mass is 16.2. The van der Waals surface area contributed by atoms with Crippen molar-refractivity contribution in [1.82, 2.24) is 4.90 Å². The standard InChI is InChI=1S/C15H26N2O/c1-5-15(6-2,12-16)13(18)17-10-7-8-14(3,4)9-11-17/h5-11H2,1-4H3. The van der Waals surface area contributed by atoms with Gasteiger partial charge in [0.1, 0.15) is 5.41 Å². The van der Waals surface area contributed by atoms with E-state index in [1.165, 1.54) is 0 Å². The molecule has 0 radical (unpaired) electrons. The predicted octanol–water partition coefficient (Wildman–Crippen LogP) is 3.36. The molecule has 0 aliphatic carbocycles. The molecular formula is C15H26N2O. The van der Waals surface area contributed by atoms with Crippen LogP contribution in [0.4, 0.5) is 0 Å². The van der Waals surface area contributed by atoms with Gasteiger partial charge in [-0.1, -0.05) is 27.7 Å². The van der Waals surface area contributed by atoms with Crippen LogP contribution in [0.25, 0.3) is 0 Å². The molecule has 1 amide bonds. The number of amides is 1. The van der Waals surface area contributed by atoms with Gasteiger partial charge >= 0.3 is 0 Å². The normalized spacial score (nSPS) is 20.1. The molecule has 3 nitrogen and oxygen atoms in total. The van der Waals surface area contributed by atoms with Crippen molar-refractivity contribution in [3.05, 3.63) is 0 Å². The van der Waals surface area contributed by atoms with E-state index in [-0.39, 0.29) is 5.91 Å². The van der Waals surface area contributed by atoms with Gasteiger partial charge in [-0.2, -0.15) is 5.26 Å². The molecule has 0 atom stereocenters. The molecule has 0 aromatic rings. The van der Waals surface area contributed by atoms with Gasteiger partial charge in [0.25, 0.3) is 0 Å². The van der Waals surface area contributed by atoms with Crippen molar-refractivity contribution >= 4 is 5.91 Å². The molecule has 102 valence electrons. The Morgan fingerprint density at radius 1 is 1.28 bits per heavy atom. The van der Waals surface area contributed by atoms with Crippen LogP contribution in [0, 0.1) is 22.2 Å². The summed E-state index contributed by atoms with van der Waals surface area (Å²) in [6.07, 6.45) is 4.47. The molecule has 0 saturated carbocycles. The lowest BCUT2D eigenvalue weighted by molar-refractivity contribution is -0.139. The minimum Gasteiger partial charge on any atom is -0.341 e. The highest BCUT2D eigenvalue weighted by Crippen LogP contribution is 2.33. The fraction of sp³-hybridized carbons (Fsp3) is 0.867. The molecule has 0 spiro atoms. The zero-order valence-corrected chi connectivity index (χ0v) is 12.3. The molecule has 3 heteroatoms. The minimum atomic E-state index is -0.797. The lowest BCUT2D eigenvalue weighted by Crippen LogP contribution is -2.43. The van der Waals surface area contributed by atoms with E-state index in [1.807, 2.05) is 18.7 Å². The maximum Gasteiger partial charge on any atom is 0.243 e. The zero-order chi connectivity index (χ0) is 13.8. The second-order valence-electron chi connectivity index (χ2n) is 6.21. The van der Waals surface area contributed by atoms with Crippen LogP contribution in [0.15, 0.2) is 0 Å². The van der Waals surface area contributed by atoms with Gasteiger partial charge in [0, 0.05) is 13.1 Å². The molecule has 1 rings (SSSR count). The van der Waals surface area contributed by atoms with Crippen molar-refractivity contribution in [3.63, 3.8) is 0 Å². The summed E-state index contributed by atoms with van der Waals surface area (Å²) in [6.45, 7) is 10.0. The summed E-state index contributed by atoms with van der Waals surface area (Å²) in [6, 6.07) is 2.26. The number of hydrogen-bond donors (Lipinski definition) is 0. The predicted molar refractivity (Wildman–Crippen MR) is 72.8 cm³/mol. The monoisotopic (exact) mass is 250 g/mol. The van der Waals surface area contributed by atoms with Gasteiger partial charge < -0.3 is 4.90 Å². The van der Waals surface area contributed by atoms with Gasteiger partial charge in [-0.25, -0.2) is 0 Å². The molecule has 0 unspecified atom stereocenters. The molecule has 1 fully saturated rings. The van der Waals surface area contributed by atoms with E-state index in [9.17, 15) is 10.1 Å². The quantitative estimate of drug-likeness (QED) is 0.771. The number of rotatable bonds is 3. The van der Waals surface area contributed by atoms with Crippen LogP contribution in [-0.2, 0) is 4.79 Å². The first kappa shape index (κ1) is 15.0. The highest BCUT2D eigenvalue weighted by Gasteiger charge is 2.39. The topological polar surface area (TPSA) is 44.1 Å². The molecule has 1 heterocycles. The Morgan fingerprint density at radius 3 is 2.39 bits per heavy atom. The highest BCUT2D eigenvalue weighted by molar-refractivity contribution is 5.85. The Kier molecular flexibility index (Phi) is 4.78. The lowest BCUT2D eigenvalue weighted by Gasteiger charge is -2.31. The van der Waals surface area contributed by atoms with Crippen LogP contribution in [-0.4, -0.2) is 23.9 Å². The van der Waals surface area contributed by atoms with Gasteiger partial charge in [-0.3, -0.25) is 4.79 Å². The molecule has 1 aliphatic heterocycles. The summed E-state index contributed by atoms with van der Waals surface area (Å²) in [5, 5.41) is 9.35. The van der Waals surface area contributed by atoms with Crippen LogP contribution >= 0.6 is 0 Å². The lowest BCUT2D eigenvalue weighted by atomic mass is 9.82. The first-order valence-electron chi connectivity index (χ1n) is 7.11. The number of hydrogen-bond acceptors (Lipinski definition) is 2. The van der Waals surface area contributed by atoms with Crippen molar-refractivity contribution in [3.8, 4) is 6.07 Å². The van der Waals surface area contributed by atoms with Crippen molar-refractivity contribution in [1.29, 1.82) is 5.26 Å². The van der Waals surface area contributed by atoms with Crippen LogP contribution in [0.3, 0.4) is 0 Å². The van der Waals surface area contributed by atoms with Crippen molar-refractivity contribution < 1.29 is 4.79 Å². The average molecular weight is 250 g/mol. The maximum atomic E-state index is 12.6. The minimum absolute atomic E-state index is 0.0488. The van der Waals surface area contributed by atoms with Crippen molar-refractivity contribution in [2.24, 2.45) is 10.8 Å². The number of carbonyl (C=O) groups is 1. The summed E-state index contributed by atoms with van der Waals surface area (Å²) in [5.41, 5.74) is -0.475. The Hall–Kier alpha value is -1.04. The number of nitriles is 1.